The number of hydrogen-bond acceptors (Lipinski definition) is 4. The van der Waals surface area contributed by atoms with Crippen molar-refractivity contribution in [2.75, 3.05) is 9.80 Å². The van der Waals surface area contributed by atoms with Crippen LogP contribution >= 0.6 is 0 Å². The molecule has 0 spiro atoms. The fourth-order valence-electron chi connectivity index (χ4n) is 15.2. The van der Waals surface area contributed by atoms with Crippen LogP contribution in [-0.4, -0.2) is 19.1 Å². The highest BCUT2D eigenvalue weighted by Gasteiger charge is 2.38. The molecule has 0 aliphatic heterocycles. The molecule has 0 N–H and O–H groups in total. The predicted octanol–water partition coefficient (Wildman–Crippen LogP) is 23.7. The minimum Gasteiger partial charge on any atom is -0.309 e. The van der Waals surface area contributed by atoms with Gasteiger partial charge in [0.05, 0.1) is 45.8 Å². The zero-order chi connectivity index (χ0) is 63.1. The number of rotatable bonds is 12. The van der Waals surface area contributed by atoms with Crippen molar-refractivity contribution in [2.45, 2.75) is 19.3 Å². The summed E-state index contributed by atoms with van der Waals surface area (Å²) in [6.07, 6.45) is 7.64. The van der Waals surface area contributed by atoms with Crippen LogP contribution in [0.4, 0.5) is 34.1 Å². The van der Waals surface area contributed by atoms with Crippen LogP contribution in [0.3, 0.4) is 0 Å². The minimum atomic E-state index is -0.353. The molecule has 0 unspecified atom stereocenters. The number of pyridine rings is 2. The van der Waals surface area contributed by atoms with E-state index in [1.165, 1.54) is 99.1 Å². The van der Waals surface area contributed by atoms with Crippen molar-refractivity contribution >= 4 is 88.5 Å². The van der Waals surface area contributed by atoms with E-state index in [1.807, 2.05) is 36.9 Å². The summed E-state index contributed by atoms with van der Waals surface area (Å²) < 4.78 is 4.86. The van der Waals surface area contributed by atoms with E-state index in [-0.39, 0.29) is 5.41 Å². The molecule has 0 radical (unpaired) electrons. The number of benzene rings is 13. The average Bonchev–Trinajstić information content (AvgIpc) is 1.52. The van der Waals surface area contributed by atoms with Crippen LogP contribution in [0, 0.1) is 0 Å². The Hall–Kier alpha value is -12.4. The van der Waals surface area contributed by atoms with Crippen molar-refractivity contribution in [3.63, 3.8) is 0 Å². The maximum Gasteiger partial charge on any atom is 0.0644 e. The van der Waals surface area contributed by atoms with E-state index in [4.69, 9.17) is 9.97 Å². The Bertz CT molecular complexity index is 5610. The fraction of sp³-hybridized carbons (Fsp3) is 0.0337. The van der Waals surface area contributed by atoms with Gasteiger partial charge >= 0.3 is 0 Å². The summed E-state index contributed by atoms with van der Waals surface area (Å²) in [5.41, 5.74) is 27.2. The summed E-state index contributed by atoms with van der Waals surface area (Å²) >= 11 is 0. The summed E-state index contributed by atoms with van der Waals surface area (Å²) in [6, 6.07) is 115. The van der Waals surface area contributed by atoms with E-state index in [9.17, 15) is 0 Å². The highest BCUT2D eigenvalue weighted by atomic mass is 15.2. The monoisotopic (exact) mass is 1210 g/mol. The molecule has 6 heteroatoms. The minimum absolute atomic E-state index is 0.353. The molecule has 17 aromatic rings. The van der Waals surface area contributed by atoms with Gasteiger partial charge in [0.2, 0.25) is 0 Å². The number of nitrogens with zero attached hydrogens (tertiary/aromatic N) is 6. The van der Waals surface area contributed by atoms with Crippen LogP contribution in [0.25, 0.3) is 121 Å². The summed E-state index contributed by atoms with van der Waals surface area (Å²) in [5, 5.41) is 7.24. The van der Waals surface area contributed by atoms with Gasteiger partial charge in [-0.1, -0.05) is 196 Å². The Morgan fingerprint density at radius 2 is 0.653 bits per heavy atom. The molecule has 0 bridgehead atoms. The highest BCUT2D eigenvalue weighted by Crippen LogP contribution is 2.54. The summed E-state index contributed by atoms with van der Waals surface area (Å²) in [4.78, 5) is 14.1. The SMILES string of the molecule is CC1(C)c2cc(N(c3cccnc3)c3cccc(-n4c5ccc(-c6ccccc6)cc5c5cc(-c6ccccc6)ccc54)c3)ccc2-c2ccc3cc(N(c4cccnc4)c4cccc(-n5c6ccc(-c7ccccc7)cc6c6cc(-c7ccccc7)ccc65)c4)ccc3c21. The van der Waals surface area contributed by atoms with E-state index >= 15 is 0 Å². The van der Waals surface area contributed by atoms with E-state index in [0.717, 1.165) is 67.6 Å². The highest BCUT2D eigenvalue weighted by molar-refractivity contribution is 6.13. The zero-order valence-corrected chi connectivity index (χ0v) is 52.5. The second-order valence-corrected chi connectivity index (χ2v) is 25.4. The molecule has 4 aromatic heterocycles. The van der Waals surface area contributed by atoms with Gasteiger partial charge in [-0.05, 0) is 211 Å². The van der Waals surface area contributed by atoms with Crippen LogP contribution in [0.2, 0.25) is 0 Å². The first-order chi connectivity index (χ1) is 46.9. The van der Waals surface area contributed by atoms with E-state index in [1.54, 1.807) is 0 Å². The first kappa shape index (κ1) is 55.5. The van der Waals surface area contributed by atoms with Gasteiger partial charge in [0.1, 0.15) is 0 Å². The van der Waals surface area contributed by atoms with Crippen molar-refractivity contribution in [1.29, 1.82) is 0 Å². The van der Waals surface area contributed by atoms with Crippen LogP contribution < -0.4 is 9.80 Å². The maximum absolute atomic E-state index is 4.71. The molecule has 4 heterocycles. The first-order valence-corrected chi connectivity index (χ1v) is 32.6. The third-order valence-corrected chi connectivity index (χ3v) is 19.6. The molecule has 0 amide bonds. The van der Waals surface area contributed by atoms with Crippen molar-refractivity contribution in [2.24, 2.45) is 0 Å². The van der Waals surface area contributed by atoms with Gasteiger partial charge in [0.15, 0.2) is 0 Å². The summed E-state index contributed by atoms with van der Waals surface area (Å²) in [6.45, 7) is 4.79. The van der Waals surface area contributed by atoms with Crippen LogP contribution in [0.1, 0.15) is 25.0 Å². The van der Waals surface area contributed by atoms with E-state index in [2.05, 4.69) is 336 Å². The molecule has 18 rings (SSSR count). The number of fused-ring (bicyclic) bond motifs is 11. The Morgan fingerprint density at radius 1 is 0.274 bits per heavy atom. The van der Waals surface area contributed by atoms with Crippen molar-refractivity contribution < 1.29 is 0 Å². The second kappa shape index (κ2) is 22.5. The quantitative estimate of drug-likeness (QED) is 0.122. The number of hydrogen-bond donors (Lipinski definition) is 0. The van der Waals surface area contributed by atoms with Gasteiger partial charge in [-0.25, -0.2) is 0 Å². The van der Waals surface area contributed by atoms with Gasteiger partial charge in [0.25, 0.3) is 0 Å². The lowest BCUT2D eigenvalue weighted by Gasteiger charge is -2.29. The van der Waals surface area contributed by atoms with Gasteiger partial charge < -0.3 is 18.9 Å². The third-order valence-electron chi connectivity index (χ3n) is 19.6. The second-order valence-electron chi connectivity index (χ2n) is 25.4. The topological polar surface area (TPSA) is 42.1 Å². The molecule has 13 aromatic carbocycles. The van der Waals surface area contributed by atoms with E-state index < -0.39 is 0 Å². The average molecular weight is 1220 g/mol. The van der Waals surface area contributed by atoms with Gasteiger partial charge in [-0.3, -0.25) is 9.97 Å². The number of aromatic nitrogens is 4. The lowest BCUT2D eigenvalue weighted by Crippen LogP contribution is -2.17. The molecule has 448 valence electrons. The van der Waals surface area contributed by atoms with Gasteiger partial charge in [-0.15, -0.1) is 0 Å². The molecular weight excluding hydrogens is 1150 g/mol. The molecule has 1 aliphatic carbocycles. The molecule has 6 nitrogen and oxygen atoms in total. The first-order valence-electron chi connectivity index (χ1n) is 32.6. The maximum atomic E-state index is 4.71. The molecule has 0 saturated carbocycles. The smallest absolute Gasteiger partial charge is 0.0644 e. The molecule has 0 saturated heterocycles. The van der Waals surface area contributed by atoms with E-state index in [0.29, 0.717) is 0 Å². The van der Waals surface area contributed by atoms with Crippen molar-refractivity contribution in [3.05, 3.63) is 351 Å². The number of anilines is 6. The molecule has 1 aliphatic rings. The molecule has 0 atom stereocenters. The largest absolute Gasteiger partial charge is 0.309 e. The van der Waals surface area contributed by atoms with Crippen LogP contribution in [0.15, 0.2) is 340 Å². The van der Waals surface area contributed by atoms with Crippen LogP contribution in [0.5, 0.6) is 0 Å². The summed E-state index contributed by atoms with van der Waals surface area (Å²) in [7, 11) is 0. The van der Waals surface area contributed by atoms with Crippen molar-refractivity contribution in [3.8, 4) is 67.0 Å². The third kappa shape index (κ3) is 9.40. The Labute approximate surface area is 551 Å². The van der Waals surface area contributed by atoms with Gasteiger partial charge in [-0.2, -0.15) is 0 Å². The molecule has 95 heavy (non-hydrogen) atoms. The fourth-order valence-corrected chi connectivity index (χ4v) is 15.2. The lowest BCUT2D eigenvalue weighted by molar-refractivity contribution is 0.666. The normalized spacial score (nSPS) is 12.4. The molecule has 0 fully saturated rings. The van der Waals surface area contributed by atoms with Crippen LogP contribution in [-0.2, 0) is 5.41 Å². The lowest BCUT2D eigenvalue weighted by atomic mass is 9.80. The predicted molar refractivity (Wildman–Crippen MR) is 397 cm³/mol. The Balaban J connectivity index is 0.719. The van der Waals surface area contributed by atoms with Gasteiger partial charge in [0, 0.05) is 73.5 Å². The summed E-state index contributed by atoms with van der Waals surface area (Å²) in [5.74, 6) is 0. The Kier molecular flexibility index (Phi) is 13.1. The Morgan fingerprint density at radius 3 is 1.06 bits per heavy atom. The standard InChI is InChI=1S/C89H62N6/c1-89(2)83-56-73(93(75-32-18-48-91-58-75)69-28-16-30-71(55-69)95-86-45-36-65(61-23-11-5-12-24-61)52-81(86)82-53-66(37-46-87(82)95)62-25-13-6-14-26-62)39-42-77(83)78-40-33-67-49-72(38-41-76(67)88(78)89)92(74-31-17-47-90-57-74)68-27-15-29-70(54-68)94-84-43-34-63(59-19-7-3-8-20-59)50-79(84)80-51-64(35-44-85(80)94)60-21-9-4-10-22-60/h3-58H,1-2H3. The molecular formula is C89H62N6. The zero-order valence-electron chi connectivity index (χ0n) is 52.5. The van der Waals surface area contributed by atoms with Crippen molar-refractivity contribution in [1.82, 2.24) is 19.1 Å².